The lowest BCUT2D eigenvalue weighted by molar-refractivity contribution is -0.122. The van der Waals surface area contributed by atoms with Gasteiger partial charge in [-0.25, -0.2) is 0 Å². The molecule has 118 valence electrons. The van der Waals surface area contributed by atoms with Gasteiger partial charge in [0.25, 0.3) is 10.1 Å². The van der Waals surface area contributed by atoms with E-state index in [2.05, 4.69) is 0 Å². The molecule has 0 fully saturated rings. The van der Waals surface area contributed by atoms with Crippen LogP contribution >= 0.6 is 0 Å². The van der Waals surface area contributed by atoms with Crippen LogP contribution in [0.15, 0.2) is 29.2 Å². The summed E-state index contributed by atoms with van der Waals surface area (Å²) in [6.07, 6.45) is 0. The maximum absolute atomic E-state index is 11.8. The van der Waals surface area contributed by atoms with E-state index in [1.807, 2.05) is 6.92 Å². The molecule has 0 amide bonds. The van der Waals surface area contributed by atoms with Crippen LogP contribution in [0.3, 0.4) is 0 Å². The number of ketones is 1. The van der Waals surface area contributed by atoms with Crippen LogP contribution in [-0.4, -0.2) is 47.2 Å². The molecule has 0 unspecified atom stereocenters. The molecule has 1 aromatic rings. The van der Waals surface area contributed by atoms with Crippen LogP contribution in [-0.2, 0) is 28.6 Å². The smallest absolute Gasteiger partial charge is 0.297 e. The zero-order valence-corrected chi connectivity index (χ0v) is 13.0. The third-order valence-corrected chi connectivity index (χ3v) is 3.78. The van der Waals surface area contributed by atoms with Gasteiger partial charge in [0, 0.05) is 0 Å². The van der Waals surface area contributed by atoms with Crippen molar-refractivity contribution in [1.82, 2.24) is 0 Å². The van der Waals surface area contributed by atoms with Gasteiger partial charge in [0.15, 0.2) is 5.78 Å². The van der Waals surface area contributed by atoms with Gasteiger partial charge < -0.3 is 9.47 Å². The van der Waals surface area contributed by atoms with Crippen LogP contribution in [0.1, 0.15) is 12.5 Å². The van der Waals surface area contributed by atoms with Gasteiger partial charge >= 0.3 is 0 Å². The lowest BCUT2D eigenvalue weighted by atomic mass is 10.2. The molecule has 0 aliphatic rings. The molecular formula is C14H20O6S. The number of rotatable bonds is 10. The second-order valence-electron chi connectivity index (χ2n) is 4.46. The van der Waals surface area contributed by atoms with Crippen LogP contribution in [0.4, 0.5) is 0 Å². The van der Waals surface area contributed by atoms with Crippen LogP contribution in [0, 0.1) is 6.92 Å². The van der Waals surface area contributed by atoms with Gasteiger partial charge in [-0.1, -0.05) is 17.7 Å². The van der Waals surface area contributed by atoms with Crippen LogP contribution < -0.4 is 0 Å². The maximum Gasteiger partial charge on any atom is 0.297 e. The molecule has 1 aromatic carbocycles. The van der Waals surface area contributed by atoms with Crippen molar-refractivity contribution in [3.63, 3.8) is 0 Å². The van der Waals surface area contributed by atoms with Gasteiger partial charge in [0.2, 0.25) is 0 Å². The third kappa shape index (κ3) is 7.33. The monoisotopic (exact) mass is 316 g/mol. The van der Waals surface area contributed by atoms with Gasteiger partial charge in [0.1, 0.15) is 6.61 Å². The van der Waals surface area contributed by atoms with E-state index >= 15 is 0 Å². The molecule has 0 aliphatic heterocycles. The third-order valence-electron chi connectivity index (χ3n) is 2.45. The summed E-state index contributed by atoms with van der Waals surface area (Å²) in [4.78, 5) is 10.7. The summed E-state index contributed by atoms with van der Waals surface area (Å²) in [5, 5.41) is 0. The number of benzene rings is 1. The Kier molecular flexibility index (Phi) is 7.52. The van der Waals surface area contributed by atoms with Gasteiger partial charge in [-0.3, -0.25) is 8.98 Å². The zero-order chi connectivity index (χ0) is 15.7. The number of carbonyl (C=O) groups is 1. The number of ether oxygens (including phenoxy) is 2. The summed E-state index contributed by atoms with van der Waals surface area (Å²) in [6, 6.07) is 6.42. The van der Waals surface area contributed by atoms with E-state index in [0.29, 0.717) is 0 Å². The predicted molar refractivity (Wildman–Crippen MR) is 76.6 cm³/mol. The highest BCUT2D eigenvalue weighted by Gasteiger charge is 2.14. The molecule has 0 aliphatic carbocycles. The molecule has 0 N–H and O–H groups in total. The predicted octanol–water partition coefficient (Wildman–Crippen LogP) is 1.32. The number of hydrogen-bond donors (Lipinski definition) is 0. The van der Waals surface area contributed by atoms with Gasteiger partial charge in [-0.15, -0.1) is 0 Å². The Morgan fingerprint density at radius 3 is 2.19 bits per heavy atom. The molecule has 0 saturated carbocycles. The van der Waals surface area contributed by atoms with Crippen molar-refractivity contribution < 1.29 is 26.9 Å². The lowest BCUT2D eigenvalue weighted by Gasteiger charge is -2.07. The first kappa shape index (κ1) is 17.8. The highest BCUT2D eigenvalue weighted by molar-refractivity contribution is 7.86. The summed E-state index contributed by atoms with van der Waals surface area (Å²) in [5.74, 6) is -0.0532. The van der Waals surface area contributed by atoms with Crippen LogP contribution in [0.2, 0.25) is 0 Å². The molecule has 0 spiro atoms. The van der Waals surface area contributed by atoms with Gasteiger partial charge in [-0.05, 0) is 26.0 Å². The Labute approximate surface area is 125 Å². The van der Waals surface area contributed by atoms with Crippen molar-refractivity contribution >= 4 is 15.9 Å². The molecule has 0 aromatic heterocycles. The van der Waals surface area contributed by atoms with E-state index in [4.69, 9.17) is 13.7 Å². The summed E-state index contributed by atoms with van der Waals surface area (Å²) in [6.45, 7) is 3.99. The largest absolute Gasteiger partial charge is 0.377 e. The number of Topliss-reactive ketones (excluding diaryl/α,β-unsaturated/α-hetero) is 1. The zero-order valence-electron chi connectivity index (χ0n) is 12.2. The van der Waals surface area contributed by atoms with Crippen molar-refractivity contribution in [2.45, 2.75) is 18.7 Å². The SMILES string of the molecule is CC(=O)COCCOCCOS(=O)(=O)c1ccc(C)cc1. The molecular weight excluding hydrogens is 296 g/mol. The summed E-state index contributed by atoms with van der Waals surface area (Å²) in [7, 11) is -3.74. The van der Waals surface area contributed by atoms with Crippen molar-refractivity contribution in [2.24, 2.45) is 0 Å². The molecule has 0 atom stereocenters. The fourth-order valence-corrected chi connectivity index (χ4v) is 2.30. The quantitative estimate of drug-likeness (QED) is 0.478. The highest BCUT2D eigenvalue weighted by Crippen LogP contribution is 2.12. The van der Waals surface area contributed by atoms with E-state index in [9.17, 15) is 13.2 Å². The van der Waals surface area contributed by atoms with Gasteiger partial charge in [-0.2, -0.15) is 8.42 Å². The lowest BCUT2D eigenvalue weighted by Crippen LogP contribution is -2.14. The number of carbonyl (C=O) groups excluding carboxylic acids is 1. The number of aryl methyl sites for hydroxylation is 1. The fraction of sp³-hybridized carbons (Fsp3) is 0.500. The van der Waals surface area contributed by atoms with Crippen molar-refractivity contribution in [2.75, 3.05) is 33.0 Å². The molecule has 0 heterocycles. The van der Waals surface area contributed by atoms with E-state index in [0.717, 1.165) is 5.56 Å². The van der Waals surface area contributed by atoms with Crippen LogP contribution in [0.5, 0.6) is 0 Å². The number of hydrogen-bond acceptors (Lipinski definition) is 6. The van der Waals surface area contributed by atoms with Crippen molar-refractivity contribution in [1.29, 1.82) is 0 Å². The molecule has 6 nitrogen and oxygen atoms in total. The molecule has 21 heavy (non-hydrogen) atoms. The Balaban J connectivity index is 2.20. The highest BCUT2D eigenvalue weighted by atomic mass is 32.2. The Morgan fingerprint density at radius 1 is 1.00 bits per heavy atom. The maximum atomic E-state index is 11.8. The van der Waals surface area contributed by atoms with E-state index in [1.54, 1.807) is 12.1 Å². The minimum Gasteiger partial charge on any atom is -0.377 e. The fourth-order valence-electron chi connectivity index (χ4n) is 1.41. The van der Waals surface area contributed by atoms with E-state index in [1.165, 1.54) is 19.1 Å². The van der Waals surface area contributed by atoms with Crippen LogP contribution in [0.25, 0.3) is 0 Å². The molecule has 7 heteroatoms. The first-order valence-corrected chi connectivity index (χ1v) is 7.93. The minimum absolute atomic E-state index is 0.0532. The average molecular weight is 316 g/mol. The Bertz CT molecular complexity index is 535. The summed E-state index contributed by atoms with van der Waals surface area (Å²) in [5.41, 5.74) is 0.975. The topological polar surface area (TPSA) is 78.9 Å². The molecule has 1 rings (SSSR count). The summed E-state index contributed by atoms with van der Waals surface area (Å²) < 4.78 is 38.6. The first-order chi connectivity index (χ1) is 9.92. The Morgan fingerprint density at radius 2 is 1.57 bits per heavy atom. The molecule has 0 radical (unpaired) electrons. The standard InChI is InChI=1S/C14H20O6S/c1-12-3-5-14(6-4-12)21(16,17)20-10-9-18-7-8-19-11-13(2)15/h3-6H,7-11H2,1-2H3. The van der Waals surface area contributed by atoms with Crippen molar-refractivity contribution in [3.8, 4) is 0 Å². The summed E-state index contributed by atoms with van der Waals surface area (Å²) >= 11 is 0. The van der Waals surface area contributed by atoms with Gasteiger partial charge in [0.05, 0.1) is 31.3 Å². The molecule has 0 saturated heterocycles. The second-order valence-corrected chi connectivity index (χ2v) is 6.07. The Hall–Kier alpha value is -1.28. The van der Waals surface area contributed by atoms with E-state index < -0.39 is 10.1 Å². The van der Waals surface area contributed by atoms with Crippen molar-refractivity contribution in [3.05, 3.63) is 29.8 Å². The normalized spacial score (nSPS) is 11.5. The molecule has 0 bridgehead atoms. The second kappa shape index (κ2) is 8.89. The minimum atomic E-state index is -3.74. The average Bonchev–Trinajstić information content (AvgIpc) is 2.42. The van der Waals surface area contributed by atoms with E-state index in [-0.39, 0.29) is 43.7 Å². The first-order valence-electron chi connectivity index (χ1n) is 6.53.